The molecule has 160 valence electrons. The van der Waals surface area contributed by atoms with Gasteiger partial charge in [-0.05, 0) is 44.2 Å². The highest BCUT2D eigenvalue weighted by Crippen LogP contribution is 2.26. The first kappa shape index (κ1) is 20.6. The van der Waals surface area contributed by atoms with Crippen LogP contribution in [0.4, 0.5) is 4.79 Å². The SMILES string of the molecule is CC(C)N1C(=O)c2ccc(C(=O)N3CCN(C(=O)Oc4ccccc4)CC3)cc2C1=O. The lowest BCUT2D eigenvalue weighted by Crippen LogP contribution is -2.51. The molecule has 0 aliphatic carbocycles. The van der Waals surface area contributed by atoms with Crippen molar-refractivity contribution in [3.8, 4) is 5.75 Å². The van der Waals surface area contributed by atoms with Crippen LogP contribution in [0.1, 0.15) is 44.9 Å². The average Bonchev–Trinajstić information content (AvgIpc) is 3.03. The fraction of sp³-hybridized carbons (Fsp3) is 0.304. The molecule has 2 aliphatic heterocycles. The number of piperazine rings is 1. The van der Waals surface area contributed by atoms with E-state index < -0.39 is 6.09 Å². The number of para-hydroxylation sites is 1. The van der Waals surface area contributed by atoms with Crippen molar-refractivity contribution in [3.63, 3.8) is 0 Å². The second-order valence-electron chi connectivity index (χ2n) is 7.79. The van der Waals surface area contributed by atoms with E-state index in [0.717, 1.165) is 0 Å². The van der Waals surface area contributed by atoms with E-state index in [9.17, 15) is 19.2 Å². The lowest BCUT2D eigenvalue weighted by Gasteiger charge is -2.34. The fourth-order valence-electron chi connectivity index (χ4n) is 3.79. The van der Waals surface area contributed by atoms with Gasteiger partial charge in [0.1, 0.15) is 5.75 Å². The van der Waals surface area contributed by atoms with Gasteiger partial charge in [-0.3, -0.25) is 19.3 Å². The number of imide groups is 1. The Bertz CT molecular complexity index is 1040. The van der Waals surface area contributed by atoms with Gasteiger partial charge in [0.2, 0.25) is 0 Å². The van der Waals surface area contributed by atoms with Gasteiger partial charge in [-0.25, -0.2) is 4.79 Å². The zero-order valence-electron chi connectivity index (χ0n) is 17.4. The minimum absolute atomic E-state index is 0.234. The predicted octanol–water partition coefficient (Wildman–Crippen LogP) is 2.65. The Hall–Kier alpha value is -3.68. The van der Waals surface area contributed by atoms with Gasteiger partial charge < -0.3 is 14.5 Å². The van der Waals surface area contributed by atoms with E-state index >= 15 is 0 Å². The standard InChI is InChI=1S/C23H23N3O5/c1-15(2)26-21(28)18-9-8-16(14-19(18)22(26)29)20(27)24-10-12-25(13-11-24)23(30)31-17-6-4-3-5-7-17/h3-9,14-15H,10-13H2,1-2H3. The molecule has 0 saturated carbocycles. The molecule has 8 nitrogen and oxygen atoms in total. The normalized spacial score (nSPS) is 16.0. The summed E-state index contributed by atoms with van der Waals surface area (Å²) in [5.41, 5.74) is 0.934. The minimum Gasteiger partial charge on any atom is -0.410 e. The molecule has 0 spiro atoms. The number of hydrogen-bond donors (Lipinski definition) is 0. The number of benzene rings is 2. The minimum atomic E-state index is -0.450. The number of carbonyl (C=O) groups excluding carboxylic acids is 4. The van der Waals surface area contributed by atoms with Gasteiger partial charge in [-0.15, -0.1) is 0 Å². The molecule has 2 aliphatic rings. The summed E-state index contributed by atoms with van der Waals surface area (Å²) in [6, 6.07) is 13.2. The van der Waals surface area contributed by atoms with Crippen LogP contribution in [-0.2, 0) is 0 Å². The van der Waals surface area contributed by atoms with Crippen molar-refractivity contribution in [3.05, 3.63) is 65.2 Å². The summed E-state index contributed by atoms with van der Waals surface area (Å²) in [6.07, 6.45) is -0.450. The molecule has 4 rings (SSSR count). The summed E-state index contributed by atoms with van der Waals surface area (Å²) >= 11 is 0. The number of rotatable bonds is 3. The lowest BCUT2D eigenvalue weighted by atomic mass is 10.0. The molecule has 8 heteroatoms. The van der Waals surface area contributed by atoms with Crippen LogP contribution in [0.2, 0.25) is 0 Å². The molecule has 2 aromatic rings. The summed E-state index contributed by atoms with van der Waals surface area (Å²) in [5, 5.41) is 0. The van der Waals surface area contributed by atoms with Crippen LogP contribution in [0.5, 0.6) is 5.75 Å². The van der Waals surface area contributed by atoms with Crippen LogP contribution in [-0.4, -0.2) is 70.7 Å². The number of carbonyl (C=O) groups is 4. The van der Waals surface area contributed by atoms with Crippen LogP contribution in [0.15, 0.2) is 48.5 Å². The molecule has 0 atom stereocenters. The van der Waals surface area contributed by atoms with Crippen molar-refractivity contribution in [2.75, 3.05) is 26.2 Å². The van der Waals surface area contributed by atoms with Crippen LogP contribution in [0.25, 0.3) is 0 Å². The largest absolute Gasteiger partial charge is 0.415 e. The lowest BCUT2D eigenvalue weighted by molar-refractivity contribution is 0.0608. The zero-order chi connectivity index (χ0) is 22.1. The van der Waals surface area contributed by atoms with Crippen molar-refractivity contribution >= 4 is 23.8 Å². The first-order valence-electron chi connectivity index (χ1n) is 10.2. The maximum Gasteiger partial charge on any atom is 0.415 e. The monoisotopic (exact) mass is 421 g/mol. The van der Waals surface area contributed by atoms with E-state index in [1.165, 1.54) is 11.0 Å². The van der Waals surface area contributed by atoms with E-state index in [0.29, 0.717) is 43.1 Å². The first-order chi connectivity index (χ1) is 14.9. The summed E-state index contributed by atoms with van der Waals surface area (Å²) in [7, 11) is 0. The van der Waals surface area contributed by atoms with Crippen molar-refractivity contribution in [2.24, 2.45) is 0 Å². The first-order valence-corrected chi connectivity index (χ1v) is 10.2. The number of hydrogen-bond acceptors (Lipinski definition) is 5. The Morgan fingerprint density at radius 1 is 0.839 bits per heavy atom. The third-order valence-electron chi connectivity index (χ3n) is 5.45. The van der Waals surface area contributed by atoms with Gasteiger partial charge in [0.25, 0.3) is 17.7 Å². The highest BCUT2D eigenvalue weighted by atomic mass is 16.6. The molecule has 1 fully saturated rings. The topological polar surface area (TPSA) is 87.2 Å². The van der Waals surface area contributed by atoms with E-state index in [1.807, 2.05) is 6.07 Å². The molecule has 0 aromatic heterocycles. The molecule has 0 bridgehead atoms. The highest BCUT2D eigenvalue weighted by Gasteiger charge is 2.38. The molecule has 1 saturated heterocycles. The predicted molar refractivity (Wildman–Crippen MR) is 112 cm³/mol. The maximum absolute atomic E-state index is 13.0. The number of ether oxygens (including phenoxy) is 1. The third kappa shape index (κ3) is 3.88. The highest BCUT2D eigenvalue weighted by molar-refractivity contribution is 6.22. The third-order valence-corrected chi connectivity index (χ3v) is 5.45. The van der Waals surface area contributed by atoms with E-state index in [2.05, 4.69) is 0 Å². The van der Waals surface area contributed by atoms with Gasteiger partial charge in [0.15, 0.2) is 0 Å². The van der Waals surface area contributed by atoms with Gasteiger partial charge >= 0.3 is 6.09 Å². The Labute approximate surface area is 180 Å². The molecule has 4 amide bonds. The Kier molecular flexibility index (Phi) is 5.46. The van der Waals surface area contributed by atoms with E-state index in [4.69, 9.17) is 4.74 Å². The molecular weight excluding hydrogens is 398 g/mol. The Balaban J connectivity index is 1.40. The van der Waals surface area contributed by atoms with Crippen LogP contribution in [0.3, 0.4) is 0 Å². The van der Waals surface area contributed by atoms with Crippen LogP contribution in [0, 0.1) is 0 Å². The molecular formula is C23H23N3O5. The second kappa shape index (κ2) is 8.22. The number of amides is 4. The average molecular weight is 421 g/mol. The second-order valence-corrected chi connectivity index (χ2v) is 7.79. The van der Waals surface area contributed by atoms with Crippen LogP contribution >= 0.6 is 0 Å². The molecule has 31 heavy (non-hydrogen) atoms. The molecule has 0 unspecified atom stereocenters. The zero-order valence-corrected chi connectivity index (χ0v) is 17.4. The number of fused-ring (bicyclic) bond motifs is 1. The van der Waals surface area contributed by atoms with Gasteiger partial charge in [-0.2, -0.15) is 0 Å². The Morgan fingerprint density at radius 2 is 1.45 bits per heavy atom. The number of nitrogens with zero attached hydrogens (tertiary/aromatic N) is 3. The maximum atomic E-state index is 13.0. The van der Waals surface area contributed by atoms with Gasteiger partial charge in [0.05, 0.1) is 11.1 Å². The van der Waals surface area contributed by atoms with Gasteiger partial charge in [-0.1, -0.05) is 18.2 Å². The van der Waals surface area contributed by atoms with Crippen molar-refractivity contribution in [2.45, 2.75) is 19.9 Å². The van der Waals surface area contributed by atoms with Gasteiger partial charge in [0, 0.05) is 37.8 Å². The fourth-order valence-corrected chi connectivity index (χ4v) is 3.79. The smallest absolute Gasteiger partial charge is 0.410 e. The molecule has 2 aromatic carbocycles. The summed E-state index contributed by atoms with van der Waals surface area (Å²) in [4.78, 5) is 54.7. The van der Waals surface area contributed by atoms with E-state index in [-0.39, 0.29) is 29.3 Å². The molecule has 0 radical (unpaired) electrons. The summed E-state index contributed by atoms with van der Waals surface area (Å²) in [5.74, 6) is -0.474. The summed E-state index contributed by atoms with van der Waals surface area (Å²) < 4.78 is 5.35. The van der Waals surface area contributed by atoms with Crippen molar-refractivity contribution in [1.82, 2.24) is 14.7 Å². The molecule has 2 heterocycles. The van der Waals surface area contributed by atoms with Crippen LogP contribution < -0.4 is 4.74 Å². The molecule has 0 N–H and O–H groups in total. The Morgan fingerprint density at radius 3 is 2.10 bits per heavy atom. The van der Waals surface area contributed by atoms with E-state index in [1.54, 1.807) is 60.0 Å². The quantitative estimate of drug-likeness (QED) is 0.711. The van der Waals surface area contributed by atoms with Crippen molar-refractivity contribution < 1.29 is 23.9 Å². The van der Waals surface area contributed by atoms with Crippen molar-refractivity contribution in [1.29, 1.82) is 0 Å². The summed E-state index contributed by atoms with van der Waals surface area (Å²) in [6.45, 7) is 4.95.